The van der Waals surface area contributed by atoms with E-state index in [9.17, 15) is 5.11 Å². The zero-order valence-corrected chi connectivity index (χ0v) is 19.5. The largest absolute Gasteiger partial charge is 0.493 e. The number of halogens is 2. The second-order valence-electron chi connectivity index (χ2n) is 9.72. The van der Waals surface area contributed by atoms with Gasteiger partial charge in [-0.3, -0.25) is 0 Å². The minimum Gasteiger partial charge on any atom is -0.493 e. The van der Waals surface area contributed by atoms with Crippen LogP contribution in [-0.2, 0) is 13.2 Å². The number of ether oxygens (including phenoxy) is 2. The van der Waals surface area contributed by atoms with E-state index in [1.54, 1.807) is 7.11 Å². The molecule has 2 atom stereocenters. The average Bonchev–Trinajstić information content (AvgIpc) is 2.69. The normalized spacial score (nSPS) is 30.7. The molecule has 6 rings (SSSR count). The lowest BCUT2D eigenvalue weighted by Crippen LogP contribution is -2.64. The third kappa shape index (κ3) is 4.83. The van der Waals surface area contributed by atoms with Gasteiger partial charge in [-0.05, 0) is 85.8 Å². The number of hydrogen-bond donors (Lipinski definition) is 2. The monoisotopic (exact) mass is 463 g/mol. The highest BCUT2D eigenvalue weighted by Gasteiger charge is 2.56. The molecule has 0 radical (unpaired) electrons. The Labute approximate surface area is 195 Å². The van der Waals surface area contributed by atoms with Crippen molar-refractivity contribution in [2.45, 2.75) is 62.8 Å². The van der Waals surface area contributed by atoms with Crippen LogP contribution in [0.2, 0.25) is 5.02 Å². The Hall–Kier alpha value is -1.46. The van der Waals surface area contributed by atoms with Crippen molar-refractivity contribution in [1.29, 1.82) is 0 Å². The Morgan fingerprint density at radius 2 is 1.81 bits per heavy atom. The number of methoxy groups -OCH3 is 1. The first-order chi connectivity index (χ1) is 14.4. The molecular formula is C25H31Cl2NO3. The van der Waals surface area contributed by atoms with Gasteiger partial charge < -0.3 is 19.9 Å². The smallest absolute Gasteiger partial charge is 0.161 e. The summed E-state index contributed by atoms with van der Waals surface area (Å²) in [5, 5.41) is 15.5. The molecule has 0 aromatic heterocycles. The SMILES string of the molecule is COc1cc(CNC23CC4CC(CC(O)(C4)C2)C3)ccc1OCc1cccc(Cl)c1.Cl. The Kier molecular flexibility index (Phi) is 6.47. The highest BCUT2D eigenvalue weighted by atomic mass is 35.5. The fraction of sp³-hybridized carbons (Fsp3) is 0.520. The lowest BCUT2D eigenvalue weighted by atomic mass is 9.51. The molecule has 4 aliphatic rings. The van der Waals surface area contributed by atoms with Gasteiger partial charge in [-0.1, -0.05) is 29.8 Å². The van der Waals surface area contributed by atoms with Crippen molar-refractivity contribution in [3.8, 4) is 11.5 Å². The summed E-state index contributed by atoms with van der Waals surface area (Å²) in [6.45, 7) is 1.22. The summed E-state index contributed by atoms with van der Waals surface area (Å²) < 4.78 is 11.6. The van der Waals surface area contributed by atoms with Gasteiger partial charge >= 0.3 is 0 Å². The summed E-state index contributed by atoms with van der Waals surface area (Å²) >= 11 is 6.06. The fourth-order valence-corrected chi connectivity index (χ4v) is 6.65. The standard InChI is InChI=1S/C25H30ClNO3.ClH/c1-29-23-9-17(5-6-22(23)30-15-18-3-2-4-21(26)8-18)14-27-24-10-19-7-20(11-24)13-25(28,12-19)16-24;/h2-6,8-9,19-20,27-28H,7,10-16H2,1H3;1H. The first-order valence-corrected chi connectivity index (χ1v) is 11.3. The summed E-state index contributed by atoms with van der Waals surface area (Å²) in [6.07, 6.45) is 6.59. The number of rotatable bonds is 7. The van der Waals surface area contributed by atoms with Crippen molar-refractivity contribution in [1.82, 2.24) is 5.32 Å². The zero-order valence-electron chi connectivity index (χ0n) is 17.9. The van der Waals surface area contributed by atoms with Crippen LogP contribution in [0.1, 0.15) is 49.7 Å². The molecule has 0 aliphatic heterocycles. The van der Waals surface area contributed by atoms with Gasteiger partial charge in [0.1, 0.15) is 6.61 Å². The Morgan fingerprint density at radius 1 is 1.03 bits per heavy atom. The molecule has 2 aromatic rings. The predicted molar refractivity (Wildman–Crippen MR) is 125 cm³/mol. The molecule has 0 saturated heterocycles. The van der Waals surface area contributed by atoms with E-state index in [1.165, 1.54) is 24.8 Å². The highest BCUT2D eigenvalue weighted by molar-refractivity contribution is 6.30. The van der Waals surface area contributed by atoms with Crippen LogP contribution < -0.4 is 14.8 Å². The van der Waals surface area contributed by atoms with Crippen LogP contribution in [0.15, 0.2) is 42.5 Å². The van der Waals surface area contributed by atoms with Gasteiger partial charge in [0.25, 0.3) is 0 Å². The van der Waals surface area contributed by atoms with Crippen LogP contribution in [0.5, 0.6) is 11.5 Å². The third-order valence-corrected chi connectivity index (χ3v) is 7.44. The Bertz CT molecular complexity index is 921. The minimum absolute atomic E-state index is 0. The molecule has 4 fully saturated rings. The second-order valence-corrected chi connectivity index (χ2v) is 10.2. The molecule has 6 heteroatoms. The molecule has 0 spiro atoms. The van der Waals surface area contributed by atoms with Gasteiger partial charge in [-0.2, -0.15) is 0 Å². The molecule has 2 N–H and O–H groups in total. The summed E-state index contributed by atoms with van der Waals surface area (Å²) in [5.74, 6) is 2.83. The molecule has 4 saturated carbocycles. The lowest BCUT2D eigenvalue weighted by molar-refractivity contribution is -0.142. The first kappa shape index (κ1) is 22.7. The summed E-state index contributed by atoms with van der Waals surface area (Å²) in [5.41, 5.74) is 1.85. The van der Waals surface area contributed by atoms with Crippen molar-refractivity contribution in [2.75, 3.05) is 7.11 Å². The molecule has 4 nitrogen and oxygen atoms in total. The maximum absolute atomic E-state index is 11.0. The van der Waals surface area contributed by atoms with Crippen molar-refractivity contribution in [2.24, 2.45) is 11.8 Å². The third-order valence-electron chi connectivity index (χ3n) is 7.21. The Morgan fingerprint density at radius 3 is 2.48 bits per heavy atom. The summed E-state index contributed by atoms with van der Waals surface area (Å²) in [7, 11) is 1.67. The van der Waals surface area contributed by atoms with E-state index in [4.69, 9.17) is 21.1 Å². The van der Waals surface area contributed by atoms with E-state index in [-0.39, 0.29) is 17.9 Å². The molecule has 2 aromatic carbocycles. The van der Waals surface area contributed by atoms with Gasteiger partial charge in [0.15, 0.2) is 11.5 Å². The van der Waals surface area contributed by atoms with Crippen molar-refractivity contribution in [3.05, 3.63) is 58.6 Å². The molecule has 4 bridgehead atoms. The Balaban J connectivity index is 0.00000231. The lowest BCUT2D eigenvalue weighted by Gasteiger charge is -2.60. The van der Waals surface area contributed by atoms with Crippen LogP contribution >= 0.6 is 24.0 Å². The van der Waals surface area contributed by atoms with Gasteiger partial charge in [-0.15, -0.1) is 12.4 Å². The number of nitrogens with one attached hydrogen (secondary N) is 1. The maximum atomic E-state index is 11.0. The van der Waals surface area contributed by atoms with Crippen molar-refractivity contribution < 1.29 is 14.6 Å². The van der Waals surface area contributed by atoms with E-state index in [0.717, 1.165) is 42.9 Å². The maximum Gasteiger partial charge on any atom is 0.161 e. The van der Waals surface area contributed by atoms with Crippen LogP contribution in [0.25, 0.3) is 0 Å². The van der Waals surface area contributed by atoms with Crippen molar-refractivity contribution in [3.63, 3.8) is 0 Å². The van der Waals surface area contributed by atoms with Gasteiger partial charge in [0, 0.05) is 17.1 Å². The van der Waals surface area contributed by atoms with Crippen LogP contribution in [0.3, 0.4) is 0 Å². The van der Waals surface area contributed by atoms with Crippen LogP contribution in [0.4, 0.5) is 0 Å². The summed E-state index contributed by atoms with van der Waals surface area (Å²) in [4.78, 5) is 0. The zero-order chi connectivity index (χ0) is 20.8. The van der Waals surface area contributed by atoms with E-state index < -0.39 is 5.60 Å². The summed E-state index contributed by atoms with van der Waals surface area (Å²) in [6, 6.07) is 13.8. The molecule has 2 unspecified atom stereocenters. The van der Waals surface area contributed by atoms with E-state index in [2.05, 4.69) is 17.4 Å². The molecular weight excluding hydrogens is 433 g/mol. The first-order valence-electron chi connectivity index (χ1n) is 11.0. The topological polar surface area (TPSA) is 50.7 Å². The number of aliphatic hydroxyl groups is 1. The van der Waals surface area contributed by atoms with E-state index in [1.807, 2.05) is 30.3 Å². The average molecular weight is 464 g/mol. The van der Waals surface area contributed by atoms with Gasteiger partial charge in [0.2, 0.25) is 0 Å². The second kappa shape index (κ2) is 8.82. The molecule has 0 amide bonds. The van der Waals surface area contributed by atoms with Crippen LogP contribution in [0, 0.1) is 11.8 Å². The quantitative estimate of drug-likeness (QED) is 0.567. The van der Waals surface area contributed by atoms with Crippen molar-refractivity contribution >= 4 is 24.0 Å². The van der Waals surface area contributed by atoms with E-state index in [0.29, 0.717) is 23.5 Å². The van der Waals surface area contributed by atoms with Crippen LogP contribution in [-0.4, -0.2) is 23.4 Å². The number of hydrogen-bond acceptors (Lipinski definition) is 4. The fourth-order valence-electron chi connectivity index (χ4n) is 6.44. The minimum atomic E-state index is -0.438. The molecule has 168 valence electrons. The van der Waals surface area contributed by atoms with Gasteiger partial charge in [0.05, 0.1) is 12.7 Å². The van der Waals surface area contributed by atoms with Gasteiger partial charge in [-0.25, -0.2) is 0 Å². The predicted octanol–water partition coefficient (Wildman–Crippen LogP) is 5.52. The number of benzene rings is 2. The highest BCUT2D eigenvalue weighted by Crippen LogP contribution is 2.57. The molecule has 31 heavy (non-hydrogen) atoms. The molecule has 0 heterocycles. The molecule has 4 aliphatic carbocycles. The van der Waals surface area contributed by atoms with E-state index >= 15 is 0 Å².